The summed E-state index contributed by atoms with van der Waals surface area (Å²) in [5.41, 5.74) is 0.613. The molecule has 0 bridgehead atoms. The number of hydrogen-bond acceptors (Lipinski definition) is 4. The average molecular weight is 373 g/mol. The number of ether oxygens (including phenoxy) is 1. The van der Waals surface area contributed by atoms with Gasteiger partial charge in [-0.05, 0) is 30.7 Å². The molecule has 21 heavy (non-hydrogen) atoms. The third kappa shape index (κ3) is 3.72. The molecule has 0 fully saturated rings. The largest absolute Gasteiger partial charge is 0.455 e. The number of rotatable bonds is 4. The molecule has 0 radical (unpaired) electrons. The summed E-state index contributed by atoms with van der Waals surface area (Å²) in [6.07, 6.45) is -0.616. The first-order valence-electron chi connectivity index (χ1n) is 5.98. The van der Waals surface area contributed by atoms with E-state index in [0.717, 1.165) is 0 Å². The van der Waals surface area contributed by atoms with Crippen molar-refractivity contribution in [3.8, 4) is 11.5 Å². The van der Waals surface area contributed by atoms with Crippen LogP contribution in [0.25, 0.3) is 0 Å². The van der Waals surface area contributed by atoms with Crippen LogP contribution in [0.5, 0.6) is 11.5 Å². The fourth-order valence-electron chi connectivity index (χ4n) is 1.72. The summed E-state index contributed by atoms with van der Waals surface area (Å²) in [7, 11) is 0. The first kappa shape index (κ1) is 15.8. The van der Waals surface area contributed by atoms with Gasteiger partial charge >= 0.3 is 0 Å². The van der Waals surface area contributed by atoms with Crippen molar-refractivity contribution in [2.24, 2.45) is 0 Å². The molecule has 2 aromatic carbocycles. The van der Waals surface area contributed by atoms with Gasteiger partial charge < -0.3 is 9.84 Å². The quantitative estimate of drug-likeness (QED) is 0.614. The SMILES string of the molecule is CC(O)c1ccc(Oc2cc([N+](=O)[O-])ccc2Cl)cc1Br. The predicted octanol–water partition coefficient (Wildman–Crippen LogP) is 4.86. The summed E-state index contributed by atoms with van der Waals surface area (Å²) in [5, 5.41) is 20.6. The molecule has 0 aliphatic heterocycles. The van der Waals surface area contributed by atoms with Crippen molar-refractivity contribution in [1.29, 1.82) is 0 Å². The molecule has 0 aliphatic rings. The fraction of sp³-hybridized carbons (Fsp3) is 0.143. The van der Waals surface area contributed by atoms with Crippen molar-refractivity contribution in [2.45, 2.75) is 13.0 Å². The molecule has 0 heterocycles. The van der Waals surface area contributed by atoms with Crippen molar-refractivity contribution in [1.82, 2.24) is 0 Å². The highest BCUT2D eigenvalue weighted by Gasteiger charge is 2.13. The van der Waals surface area contributed by atoms with E-state index in [1.807, 2.05) is 0 Å². The molecule has 0 amide bonds. The lowest BCUT2D eigenvalue weighted by Crippen LogP contribution is -1.94. The van der Waals surface area contributed by atoms with Gasteiger partial charge in [-0.25, -0.2) is 0 Å². The smallest absolute Gasteiger partial charge is 0.273 e. The summed E-state index contributed by atoms with van der Waals surface area (Å²) < 4.78 is 6.24. The lowest BCUT2D eigenvalue weighted by atomic mass is 10.1. The zero-order valence-electron chi connectivity index (χ0n) is 10.9. The van der Waals surface area contributed by atoms with E-state index in [-0.39, 0.29) is 16.5 Å². The molecule has 1 N–H and O–H groups in total. The molecule has 2 aromatic rings. The number of hydrogen-bond donors (Lipinski definition) is 1. The van der Waals surface area contributed by atoms with Gasteiger partial charge in [-0.1, -0.05) is 33.6 Å². The van der Waals surface area contributed by atoms with Crippen molar-refractivity contribution in [3.63, 3.8) is 0 Å². The lowest BCUT2D eigenvalue weighted by molar-refractivity contribution is -0.384. The van der Waals surface area contributed by atoms with Crippen LogP contribution < -0.4 is 4.74 Å². The third-order valence-corrected chi connectivity index (χ3v) is 3.77. The van der Waals surface area contributed by atoms with E-state index in [1.165, 1.54) is 18.2 Å². The number of halogens is 2. The number of benzene rings is 2. The molecule has 0 saturated heterocycles. The van der Waals surface area contributed by atoms with Crippen molar-refractivity contribution < 1.29 is 14.8 Å². The number of aliphatic hydroxyl groups is 1. The van der Waals surface area contributed by atoms with Gasteiger partial charge in [-0.3, -0.25) is 10.1 Å². The van der Waals surface area contributed by atoms with E-state index in [0.29, 0.717) is 15.8 Å². The van der Waals surface area contributed by atoms with Crippen LogP contribution in [0, 0.1) is 10.1 Å². The van der Waals surface area contributed by atoms with Gasteiger partial charge in [-0.2, -0.15) is 0 Å². The second-order valence-electron chi connectivity index (χ2n) is 4.33. The van der Waals surface area contributed by atoms with Crippen LogP contribution in [0.2, 0.25) is 5.02 Å². The Bertz CT molecular complexity index is 691. The van der Waals surface area contributed by atoms with E-state index in [1.54, 1.807) is 25.1 Å². The van der Waals surface area contributed by atoms with Crippen LogP contribution in [0.3, 0.4) is 0 Å². The minimum atomic E-state index is -0.616. The molecule has 0 spiro atoms. The highest BCUT2D eigenvalue weighted by molar-refractivity contribution is 9.10. The van der Waals surface area contributed by atoms with Crippen molar-refractivity contribution >= 4 is 33.2 Å². The molecular formula is C14H11BrClNO4. The number of nitro benzene ring substituents is 1. The molecular weight excluding hydrogens is 362 g/mol. The maximum atomic E-state index is 10.8. The minimum absolute atomic E-state index is 0.103. The topological polar surface area (TPSA) is 72.6 Å². The van der Waals surface area contributed by atoms with Crippen molar-refractivity contribution in [2.75, 3.05) is 0 Å². The van der Waals surface area contributed by atoms with Crippen LogP contribution in [0.15, 0.2) is 40.9 Å². The van der Waals surface area contributed by atoms with Crippen LogP contribution in [0.4, 0.5) is 5.69 Å². The predicted molar refractivity (Wildman–Crippen MR) is 83.0 cm³/mol. The molecule has 5 nitrogen and oxygen atoms in total. The van der Waals surface area contributed by atoms with Crippen LogP contribution in [0.1, 0.15) is 18.6 Å². The second-order valence-corrected chi connectivity index (χ2v) is 5.59. The zero-order valence-corrected chi connectivity index (χ0v) is 13.3. The molecule has 2 rings (SSSR count). The second kappa shape index (κ2) is 6.43. The highest BCUT2D eigenvalue weighted by atomic mass is 79.9. The minimum Gasteiger partial charge on any atom is -0.455 e. The van der Waals surface area contributed by atoms with E-state index < -0.39 is 11.0 Å². The Morgan fingerprint density at radius 2 is 2.05 bits per heavy atom. The van der Waals surface area contributed by atoms with Gasteiger partial charge in [0.1, 0.15) is 5.75 Å². The number of nitro groups is 1. The maximum absolute atomic E-state index is 10.8. The van der Waals surface area contributed by atoms with Crippen LogP contribution in [-0.2, 0) is 0 Å². The average Bonchev–Trinajstić information content (AvgIpc) is 2.40. The molecule has 110 valence electrons. The van der Waals surface area contributed by atoms with E-state index >= 15 is 0 Å². The lowest BCUT2D eigenvalue weighted by Gasteiger charge is -2.11. The summed E-state index contributed by atoms with van der Waals surface area (Å²) in [6.45, 7) is 1.65. The first-order chi connectivity index (χ1) is 9.88. The Hall–Kier alpha value is -1.63. The van der Waals surface area contributed by atoms with E-state index in [9.17, 15) is 15.2 Å². The zero-order chi connectivity index (χ0) is 15.6. The fourth-order valence-corrected chi connectivity index (χ4v) is 2.57. The molecule has 1 unspecified atom stereocenters. The Kier molecular flexibility index (Phi) is 4.82. The molecule has 7 heteroatoms. The third-order valence-electron chi connectivity index (χ3n) is 2.78. The van der Waals surface area contributed by atoms with Gasteiger partial charge in [-0.15, -0.1) is 0 Å². The van der Waals surface area contributed by atoms with Gasteiger partial charge in [0.15, 0.2) is 5.75 Å². The Morgan fingerprint density at radius 3 is 2.62 bits per heavy atom. The van der Waals surface area contributed by atoms with Crippen molar-refractivity contribution in [3.05, 3.63) is 61.6 Å². The van der Waals surface area contributed by atoms with Crippen LogP contribution >= 0.6 is 27.5 Å². The van der Waals surface area contributed by atoms with E-state index in [4.69, 9.17) is 16.3 Å². The molecule has 0 saturated carbocycles. The van der Waals surface area contributed by atoms with Crippen LogP contribution in [-0.4, -0.2) is 10.0 Å². The van der Waals surface area contributed by atoms with Gasteiger partial charge in [0, 0.05) is 10.5 Å². The number of non-ortho nitro benzene ring substituents is 1. The Balaban J connectivity index is 2.32. The maximum Gasteiger partial charge on any atom is 0.273 e. The molecule has 1 atom stereocenters. The standard InChI is InChI=1S/C14H11BrClNO4/c1-8(18)11-4-3-10(7-12(11)15)21-14-6-9(17(19)20)2-5-13(14)16/h2-8,18H,1H3. The summed E-state index contributed by atoms with van der Waals surface area (Å²) in [6, 6.07) is 9.00. The first-order valence-corrected chi connectivity index (χ1v) is 7.15. The number of aliphatic hydroxyl groups excluding tert-OH is 1. The monoisotopic (exact) mass is 371 g/mol. The Morgan fingerprint density at radius 1 is 1.33 bits per heavy atom. The number of nitrogens with zero attached hydrogens (tertiary/aromatic N) is 1. The summed E-state index contributed by atoms with van der Waals surface area (Å²) >= 11 is 9.31. The van der Waals surface area contributed by atoms with E-state index in [2.05, 4.69) is 15.9 Å². The molecule has 0 aromatic heterocycles. The summed E-state index contributed by atoms with van der Waals surface area (Å²) in [5.74, 6) is 0.649. The highest BCUT2D eigenvalue weighted by Crippen LogP contribution is 2.35. The van der Waals surface area contributed by atoms with Gasteiger partial charge in [0.2, 0.25) is 0 Å². The molecule has 0 aliphatic carbocycles. The summed E-state index contributed by atoms with van der Waals surface area (Å²) in [4.78, 5) is 10.2. The normalized spacial score (nSPS) is 12.0. The Labute approximate surface area is 134 Å². The van der Waals surface area contributed by atoms with Gasteiger partial charge in [0.05, 0.1) is 22.1 Å². The van der Waals surface area contributed by atoms with Gasteiger partial charge in [0.25, 0.3) is 5.69 Å².